The minimum Gasteiger partial charge on any atom is -0.492 e. The molecule has 15 heavy (non-hydrogen) atoms. The molecule has 0 fully saturated rings. The fraction of sp³-hybridized carbons (Fsp3) is 0.0909. The van der Waals surface area contributed by atoms with Gasteiger partial charge in [0.2, 0.25) is 11.8 Å². The molecule has 0 saturated carbocycles. The van der Waals surface area contributed by atoms with Crippen molar-refractivity contribution in [3.63, 3.8) is 0 Å². The summed E-state index contributed by atoms with van der Waals surface area (Å²) >= 11 is 0. The molecular formula is C11H11NO3. The lowest BCUT2D eigenvalue weighted by atomic mass is 10.1. The van der Waals surface area contributed by atoms with Crippen molar-refractivity contribution in [3.05, 3.63) is 36.4 Å². The third kappa shape index (κ3) is 1.50. The van der Waals surface area contributed by atoms with E-state index in [4.69, 9.17) is 4.84 Å². The zero-order valence-electron chi connectivity index (χ0n) is 8.21. The van der Waals surface area contributed by atoms with Gasteiger partial charge in [-0.05, 0) is 5.56 Å². The van der Waals surface area contributed by atoms with Crippen LogP contribution < -0.4 is 4.84 Å². The molecule has 0 spiro atoms. The highest BCUT2D eigenvalue weighted by atomic mass is 16.7. The number of hydrogen-bond donors (Lipinski definition) is 2. The van der Waals surface area contributed by atoms with Gasteiger partial charge in [0.25, 0.3) is 0 Å². The topological polar surface area (TPSA) is 54.6 Å². The number of hydrogen-bond acceptors (Lipinski definition) is 3. The minimum absolute atomic E-state index is 0.110. The molecule has 78 valence electrons. The average molecular weight is 205 g/mol. The summed E-state index contributed by atoms with van der Waals surface area (Å²) in [5.41, 5.74) is 1.36. The Balaban J connectivity index is 2.55. The van der Waals surface area contributed by atoms with Crippen LogP contribution in [0.3, 0.4) is 0 Å². The highest BCUT2D eigenvalue weighted by molar-refractivity contribution is 5.70. The lowest BCUT2D eigenvalue weighted by Gasteiger charge is -2.03. The number of rotatable bonds is 2. The molecule has 0 saturated heterocycles. The van der Waals surface area contributed by atoms with Crippen LogP contribution in [-0.2, 0) is 0 Å². The molecule has 0 atom stereocenters. The summed E-state index contributed by atoms with van der Waals surface area (Å²) < 4.78 is 0.961. The molecule has 0 unspecified atom stereocenters. The van der Waals surface area contributed by atoms with Crippen molar-refractivity contribution in [1.29, 1.82) is 0 Å². The van der Waals surface area contributed by atoms with Crippen molar-refractivity contribution in [2.75, 3.05) is 7.11 Å². The molecule has 4 heteroatoms. The van der Waals surface area contributed by atoms with Gasteiger partial charge in [-0.3, -0.25) is 0 Å². The third-order valence-electron chi connectivity index (χ3n) is 2.18. The normalized spacial score (nSPS) is 10.2. The SMILES string of the molecule is COn1c(O)cc(-c2ccccc2)c1O. The van der Waals surface area contributed by atoms with E-state index in [9.17, 15) is 10.2 Å². The van der Waals surface area contributed by atoms with Crippen molar-refractivity contribution < 1.29 is 15.1 Å². The third-order valence-corrected chi connectivity index (χ3v) is 2.18. The Morgan fingerprint density at radius 1 is 1.13 bits per heavy atom. The van der Waals surface area contributed by atoms with Crippen LogP contribution in [0.4, 0.5) is 0 Å². The molecule has 0 bridgehead atoms. The zero-order valence-corrected chi connectivity index (χ0v) is 8.21. The van der Waals surface area contributed by atoms with Crippen molar-refractivity contribution in [2.24, 2.45) is 0 Å². The maximum absolute atomic E-state index is 9.74. The predicted molar refractivity (Wildman–Crippen MR) is 55.7 cm³/mol. The maximum atomic E-state index is 9.74. The number of aromatic nitrogens is 1. The minimum atomic E-state index is -0.131. The van der Waals surface area contributed by atoms with E-state index in [0.717, 1.165) is 10.3 Å². The maximum Gasteiger partial charge on any atom is 0.237 e. The van der Waals surface area contributed by atoms with Crippen LogP contribution in [0.15, 0.2) is 36.4 Å². The van der Waals surface area contributed by atoms with Crippen molar-refractivity contribution in [1.82, 2.24) is 4.73 Å². The molecule has 0 aliphatic carbocycles. The molecule has 0 amide bonds. The molecule has 2 rings (SSSR count). The fourth-order valence-electron chi connectivity index (χ4n) is 1.48. The van der Waals surface area contributed by atoms with Gasteiger partial charge in [-0.25, -0.2) is 0 Å². The second kappa shape index (κ2) is 3.57. The van der Waals surface area contributed by atoms with Gasteiger partial charge in [0.05, 0.1) is 5.56 Å². The summed E-state index contributed by atoms with van der Waals surface area (Å²) in [7, 11) is 1.37. The molecule has 0 aliphatic rings. The van der Waals surface area contributed by atoms with E-state index < -0.39 is 0 Å². The Labute approximate surface area is 86.9 Å². The summed E-state index contributed by atoms with van der Waals surface area (Å²) in [4.78, 5) is 4.79. The molecule has 1 heterocycles. The van der Waals surface area contributed by atoms with Gasteiger partial charge >= 0.3 is 0 Å². The average Bonchev–Trinajstić information content (AvgIpc) is 2.55. The molecule has 1 aromatic carbocycles. The Hall–Kier alpha value is -2.10. The fourth-order valence-corrected chi connectivity index (χ4v) is 1.48. The predicted octanol–water partition coefficient (Wildman–Crippen LogP) is 1.62. The summed E-state index contributed by atoms with van der Waals surface area (Å²) in [6.45, 7) is 0. The Bertz CT molecular complexity index is 462. The van der Waals surface area contributed by atoms with Crippen LogP contribution in [0.25, 0.3) is 11.1 Å². The number of nitrogens with zero attached hydrogens (tertiary/aromatic N) is 1. The molecule has 0 radical (unpaired) electrons. The van der Waals surface area contributed by atoms with E-state index in [0.29, 0.717) is 5.56 Å². The van der Waals surface area contributed by atoms with Gasteiger partial charge in [0.1, 0.15) is 7.11 Å². The lowest BCUT2D eigenvalue weighted by Crippen LogP contribution is -2.03. The lowest BCUT2D eigenvalue weighted by molar-refractivity contribution is 0.120. The first-order chi connectivity index (χ1) is 7.24. The second-order valence-corrected chi connectivity index (χ2v) is 3.08. The van der Waals surface area contributed by atoms with Gasteiger partial charge in [0.15, 0.2) is 0 Å². The standard InChI is InChI=1S/C11H11NO3/c1-15-12-10(13)7-9(11(12)14)8-5-3-2-4-6-8/h2-7,13-14H,1H3. The van der Waals surface area contributed by atoms with E-state index in [1.165, 1.54) is 13.2 Å². The van der Waals surface area contributed by atoms with Crippen LogP contribution >= 0.6 is 0 Å². The highest BCUT2D eigenvalue weighted by Crippen LogP contribution is 2.34. The molecule has 4 nitrogen and oxygen atoms in total. The highest BCUT2D eigenvalue weighted by Gasteiger charge is 2.15. The van der Waals surface area contributed by atoms with Crippen molar-refractivity contribution in [3.8, 4) is 22.9 Å². The van der Waals surface area contributed by atoms with Crippen LogP contribution in [-0.4, -0.2) is 22.1 Å². The van der Waals surface area contributed by atoms with Gasteiger partial charge in [-0.2, -0.15) is 0 Å². The van der Waals surface area contributed by atoms with Crippen LogP contribution in [0.2, 0.25) is 0 Å². The van der Waals surface area contributed by atoms with Gasteiger partial charge in [0, 0.05) is 6.07 Å². The largest absolute Gasteiger partial charge is 0.492 e. The summed E-state index contributed by atoms with van der Waals surface area (Å²) in [5, 5.41) is 19.2. The summed E-state index contributed by atoms with van der Waals surface area (Å²) in [6, 6.07) is 10.7. The summed E-state index contributed by atoms with van der Waals surface area (Å²) in [6.07, 6.45) is 0. The van der Waals surface area contributed by atoms with Crippen molar-refractivity contribution >= 4 is 0 Å². The van der Waals surface area contributed by atoms with Gasteiger partial charge < -0.3 is 15.1 Å². The van der Waals surface area contributed by atoms with E-state index in [1.54, 1.807) is 0 Å². The molecule has 1 aromatic heterocycles. The first-order valence-electron chi connectivity index (χ1n) is 4.47. The van der Waals surface area contributed by atoms with Crippen LogP contribution in [0.5, 0.6) is 11.8 Å². The van der Waals surface area contributed by atoms with E-state index >= 15 is 0 Å². The van der Waals surface area contributed by atoms with Gasteiger partial charge in [-0.1, -0.05) is 30.3 Å². The smallest absolute Gasteiger partial charge is 0.237 e. The molecule has 2 aromatic rings. The Morgan fingerprint density at radius 2 is 1.80 bits per heavy atom. The van der Waals surface area contributed by atoms with E-state index in [-0.39, 0.29) is 11.8 Å². The Kier molecular flexibility index (Phi) is 2.25. The first-order valence-corrected chi connectivity index (χ1v) is 4.47. The monoisotopic (exact) mass is 205 g/mol. The Morgan fingerprint density at radius 3 is 2.33 bits per heavy atom. The molecule has 2 N–H and O–H groups in total. The van der Waals surface area contributed by atoms with E-state index in [2.05, 4.69) is 0 Å². The van der Waals surface area contributed by atoms with Crippen LogP contribution in [0.1, 0.15) is 0 Å². The number of benzene rings is 1. The zero-order chi connectivity index (χ0) is 10.8. The molecule has 0 aliphatic heterocycles. The summed E-state index contributed by atoms with van der Waals surface area (Å²) in [5.74, 6) is -0.241. The first kappa shape index (κ1) is 9.45. The van der Waals surface area contributed by atoms with Crippen LogP contribution in [0, 0.1) is 0 Å². The number of aromatic hydroxyl groups is 2. The molecular weight excluding hydrogens is 194 g/mol. The van der Waals surface area contributed by atoms with Crippen molar-refractivity contribution in [2.45, 2.75) is 0 Å². The van der Waals surface area contributed by atoms with E-state index in [1.807, 2.05) is 30.3 Å². The second-order valence-electron chi connectivity index (χ2n) is 3.08. The quantitative estimate of drug-likeness (QED) is 0.783. The van der Waals surface area contributed by atoms with Gasteiger partial charge in [-0.15, -0.1) is 4.73 Å².